The standard InChI is InChI=1S/C19H18N2/c1-20-19-9-6-15-11-13(4-7-17(15)19)14-5-8-18-16(12-14)3-2-10-21-18/h2-5,7-8,10-12,19-20H,6,9H2,1H3. The third-order valence-corrected chi connectivity index (χ3v) is 4.51. The highest BCUT2D eigenvalue weighted by Gasteiger charge is 2.20. The van der Waals surface area contributed by atoms with Crippen molar-refractivity contribution in [2.45, 2.75) is 18.9 Å². The highest BCUT2D eigenvalue weighted by atomic mass is 14.9. The molecule has 104 valence electrons. The molecule has 2 nitrogen and oxygen atoms in total. The van der Waals surface area contributed by atoms with Gasteiger partial charge in [0.1, 0.15) is 0 Å². The fraction of sp³-hybridized carbons (Fsp3) is 0.211. The number of rotatable bonds is 2. The molecule has 1 aliphatic carbocycles. The maximum atomic E-state index is 4.39. The zero-order valence-electron chi connectivity index (χ0n) is 12.1. The van der Waals surface area contributed by atoms with Gasteiger partial charge in [-0.05, 0) is 60.3 Å². The Balaban J connectivity index is 1.79. The second kappa shape index (κ2) is 4.97. The molecule has 1 N–H and O–H groups in total. The minimum absolute atomic E-state index is 0.523. The summed E-state index contributed by atoms with van der Waals surface area (Å²) >= 11 is 0. The lowest BCUT2D eigenvalue weighted by Crippen LogP contribution is -2.12. The van der Waals surface area contributed by atoms with Crippen LogP contribution in [0.4, 0.5) is 0 Å². The highest BCUT2D eigenvalue weighted by Crippen LogP contribution is 2.34. The number of aromatic nitrogens is 1. The van der Waals surface area contributed by atoms with Gasteiger partial charge in [-0.2, -0.15) is 0 Å². The van der Waals surface area contributed by atoms with Crippen molar-refractivity contribution in [1.82, 2.24) is 10.3 Å². The van der Waals surface area contributed by atoms with Crippen LogP contribution in [0.1, 0.15) is 23.6 Å². The molecule has 0 spiro atoms. The summed E-state index contributed by atoms with van der Waals surface area (Å²) in [6, 6.07) is 18.0. The van der Waals surface area contributed by atoms with Crippen LogP contribution in [0.3, 0.4) is 0 Å². The van der Waals surface area contributed by atoms with Gasteiger partial charge >= 0.3 is 0 Å². The zero-order chi connectivity index (χ0) is 14.2. The number of nitrogens with zero attached hydrogens (tertiary/aromatic N) is 1. The average molecular weight is 274 g/mol. The maximum Gasteiger partial charge on any atom is 0.0702 e. The van der Waals surface area contributed by atoms with E-state index in [0.717, 1.165) is 5.52 Å². The van der Waals surface area contributed by atoms with E-state index in [-0.39, 0.29) is 0 Å². The summed E-state index contributed by atoms with van der Waals surface area (Å²) in [6.45, 7) is 0. The molecule has 0 saturated carbocycles. The van der Waals surface area contributed by atoms with Gasteiger partial charge in [0, 0.05) is 17.6 Å². The molecule has 1 unspecified atom stereocenters. The Morgan fingerprint density at radius 1 is 1.05 bits per heavy atom. The second-order valence-electron chi connectivity index (χ2n) is 5.70. The fourth-order valence-corrected chi connectivity index (χ4v) is 3.35. The molecule has 1 atom stereocenters. The minimum Gasteiger partial charge on any atom is -0.313 e. The smallest absolute Gasteiger partial charge is 0.0702 e. The minimum atomic E-state index is 0.523. The highest BCUT2D eigenvalue weighted by molar-refractivity contribution is 5.84. The van der Waals surface area contributed by atoms with Crippen LogP contribution in [-0.4, -0.2) is 12.0 Å². The van der Waals surface area contributed by atoms with Crippen molar-refractivity contribution in [3.8, 4) is 11.1 Å². The largest absolute Gasteiger partial charge is 0.313 e. The van der Waals surface area contributed by atoms with E-state index in [9.17, 15) is 0 Å². The van der Waals surface area contributed by atoms with Crippen LogP contribution in [0.15, 0.2) is 54.7 Å². The molecule has 0 amide bonds. The first-order valence-corrected chi connectivity index (χ1v) is 7.50. The maximum absolute atomic E-state index is 4.39. The number of hydrogen-bond donors (Lipinski definition) is 1. The van der Waals surface area contributed by atoms with Gasteiger partial charge in [0.05, 0.1) is 5.52 Å². The van der Waals surface area contributed by atoms with E-state index >= 15 is 0 Å². The predicted octanol–water partition coefficient (Wildman–Crippen LogP) is 4.11. The van der Waals surface area contributed by atoms with E-state index in [2.05, 4.69) is 52.8 Å². The van der Waals surface area contributed by atoms with Crippen molar-refractivity contribution in [2.24, 2.45) is 0 Å². The molecule has 0 bridgehead atoms. The quantitative estimate of drug-likeness (QED) is 0.760. The lowest BCUT2D eigenvalue weighted by Gasteiger charge is -2.11. The molecule has 1 aromatic heterocycles. The molecule has 3 aromatic rings. The van der Waals surface area contributed by atoms with Gasteiger partial charge in [-0.15, -0.1) is 0 Å². The van der Waals surface area contributed by atoms with Crippen LogP contribution in [0.5, 0.6) is 0 Å². The SMILES string of the molecule is CNC1CCc2cc(-c3ccc4ncccc4c3)ccc21. The lowest BCUT2D eigenvalue weighted by molar-refractivity contribution is 0.590. The summed E-state index contributed by atoms with van der Waals surface area (Å²) in [5.74, 6) is 0. The van der Waals surface area contributed by atoms with Crippen LogP contribution in [0, 0.1) is 0 Å². The number of aryl methyl sites for hydroxylation is 1. The summed E-state index contributed by atoms with van der Waals surface area (Å²) < 4.78 is 0. The third kappa shape index (κ3) is 2.12. The molecule has 0 fully saturated rings. The Morgan fingerprint density at radius 3 is 2.81 bits per heavy atom. The summed E-state index contributed by atoms with van der Waals surface area (Å²) in [6.07, 6.45) is 4.22. The molecule has 1 heterocycles. The average Bonchev–Trinajstić information content (AvgIpc) is 2.96. The van der Waals surface area contributed by atoms with E-state index in [1.165, 1.54) is 40.5 Å². The number of fused-ring (bicyclic) bond motifs is 2. The fourth-order valence-electron chi connectivity index (χ4n) is 3.35. The van der Waals surface area contributed by atoms with Gasteiger partial charge in [0.2, 0.25) is 0 Å². The van der Waals surface area contributed by atoms with Crippen LogP contribution in [0.2, 0.25) is 0 Å². The molecule has 2 heteroatoms. The van der Waals surface area contributed by atoms with Crippen molar-refractivity contribution >= 4 is 10.9 Å². The molecule has 0 saturated heterocycles. The van der Waals surface area contributed by atoms with Gasteiger partial charge in [-0.3, -0.25) is 4.98 Å². The molecular weight excluding hydrogens is 256 g/mol. The van der Waals surface area contributed by atoms with Gasteiger partial charge in [0.25, 0.3) is 0 Å². The van der Waals surface area contributed by atoms with Crippen LogP contribution >= 0.6 is 0 Å². The van der Waals surface area contributed by atoms with E-state index in [1.54, 1.807) is 0 Å². The van der Waals surface area contributed by atoms with E-state index in [4.69, 9.17) is 0 Å². The van der Waals surface area contributed by atoms with Crippen LogP contribution in [0.25, 0.3) is 22.0 Å². The predicted molar refractivity (Wildman–Crippen MR) is 87.3 cm³/mol. The monoisotopic (exact) mass is 274 g/mol. The third-order valence-electron chi connectivity index (χ3n) is 4.51. The van der Waals surface area contributed by atoms with Gasteiger partial charge in [0.15, 0.2) is 0 Å². The Labute approximate surface area is 124 Å². The summed E-state index contributed by atoms with van der Waals surface area (Å²) in [7, 11) is 2.05. The molecule has 0 aliphatic heterocycles. The summed E-state index contributed by atoms with van der Waals surface area (Å²) in [5.41, 5.74) is 6.57. The number of hydrogen-bond acceptors (Lipinski definition) is 2. The van der Waals surface area contributed by atoms with Crippen LogP contribution < -0.4 is 5.32 Å². The molecule has 1 aliphatic rings. The number of nitrogens with one attached hydrogen (secondary N) is 1. The van der Waals surface area contributed by atoms with Crippen molar-refractivity contribution < 1.29 is 0 Å². The molecule has 0 radical (unpaired) electrons. The molecular formula is C19H18N2. The Bertz CT molecular complexity index is 808. The molecule has 2 aromatic carbocycles. The summed E-state index contributed by atoms with van der Waals surface area (Å²) in [5, 5.41) is 4.59. The van der Waals surface area contributed by atoms with Crippen molar-refractivity contribution in [3.63, 3.8) is 0 Å². The Kier molecular flexibility index (Phi) is 2.97. The first-order chi connectivity index (χ1) is 10.3. The first-order valence-electron chi connectivity index (χ1n) is 7.50. The Hall–Kier alpha value is -2.19. The van der Waals surface area contributed by atoms with Gasteiger partial charge < -0.3 is 5.32 Å². The number of pyridine rings is 1. The van der Waals surface area contributed by atoms with E-state index in [0.29, 0.717) is 6.04 Å². The lowest BCUT2D eigenvalue weighted by atomic mass is 9.98. The normalized spacial score (nSPS) is 17.1. The first kappa shape index (κ1) is 12.5. The van der Waals surface area contributed by atoms with Crippen molar-refractivity contribution in [3.05, 3.63) is 65.9 Å². The van der Waals surface area contributed by atoms with Gasteiger partial charge in [-0.1, -0.05) is 30.3 Å². The second-order valence-corrected chi connectivity index (χ2v) is 5.70. The topological polar surface area (TPSA) is 24.9 Å². The summed E-state index contributed by atoms with van der Waals surface area (Å²) in [4.78, 5) is 4.39. The molecule has 21 heavy (non-hydrogen) atoms. The van der Waals surface area contributed by atoms with Gasteiger partial charge in [-0.25, -0.2) is 0 Å². The molecule has 4 rings (SSSR count). The van der Waals surface area contributed by atoms with E-state index < -0.39 is 0 Å². The number of benzene rings is 2. The Morgan fingerprint density at radius 2 is 1.90 bits per heavy atom. The zero-order valence-corrected chi connectivity index (χ0v) is 12.1. The van der Waals surface area contributed by atoms with Crippen molar-refractivity contribution in [2.75, 3.05) is 7.05 Å². The van der Waals surface area contributed by atoms with E-state index in [1.807, 2.05) is 19.3 Å². The van der Waals surface area contributed by atoms with Crippen molar-refractivity contribution in [1.29, 1.82) is 0 Å². The van der Waals surface area contributed by atoms with Crippen LogP contribution in [-0.2, 0) is 6.42 Å².